The van der Waals surface area contributed by atoms with E-state index >= 15 is 0 Å². The number of thiophene rings is 1. The Kier molecular flexibility index (Phi) is 6.38. The van der Waals surface area contributed by atoms with Crippen LogP contribution in [0.3, 0.4) is 0 Å². The minimum atomic E-state index is -0.897. The number of hydrogen-bond acceptors (Lipinski definition) is 5. The fourth-order valence-electron chi connectivity index (χ4n) is 1.27. The van der Waals surface area contributed by atoms with Gasteiger partial charge in [0.1, 0.15) is 0 Å². The van der Waals surface area contributed by atoms with Crippen molar-refractivity contribution in [2.24, 2.45) is 0 Å². The molecule has 100 valence electrons. The molecule has 0 saturated carbocycles. The second-order valence-electron chi connectivity index (χ2n) is 3.79. The molecule has 0 aliphatic heterocycles. The van der Waals surface area contributed by atoms with Crippen molar-refractivity contribution in [1.29, 1.82) is 0 Å². The van der Waals surface area contributed by atoms with Crippen molar-refractivity contribution in [2.75, 3.05) is 13.2 Å². The van der Waals surface area contributed by atoms with E-state index in [0.29, 0.717) is 18.7 Å². The predicted molar refractivity (Wildman–Crippen MR) is 68.9 cm³/mol. The van der Waals surface area contributed by atoms with E-state index in [1.807, 2.05) is 6.92 Å². The Balaban J connectivity index is 2.37. The molecule has 1 aromatic rings. The zero-order valence-electron chi connectivity index (χ0n) is 10.3. The summed E-state index contributed by atoms with van der Waals surface area (Å²) in [6.07, 6.45) is 1.85. The second-order valence-corrected chi connectivity index (χ2v) is 4.78. The first-order chi connectivity index (χ1) is 8.63. The summed E-state index contributed by atoms with van der Waals surface area (Å²) in [7, 11) is 0. The molecular weight excluding hydrogens is 254 g/mol. The zero-order chi connectivity index (χ0) is 13.4. The molecule has 1 heterocycles. The van der Waals surface area contributed by atoms with Crippen LogP contribution in [-0.4, -0.2) is 30.2 Å². The molecule has 6 heteroatoms. The van der Waals surface area contributed by atoms with Crippen LogP contribution < -0.4 is 5.32 Å². The Hall–Kier alpha value is -1.40. The van der Waals surface area contributed by atoms with Crippen LogP contribution in [0.2, 0.25) is 0 Å². The van der Waals surface area contributed by atoms with Crippen molar-refractivity contribution < 1.29 is 19.4 Å². The predicted octanol–water partition coefficient (Wildman–Crippen LogP) is 1.88. The lowest BCUT2D eigenvalue weighted by Crippen LogP contribution is -2.21. The van der Waals surface area contributed by atoms with Crippen LogP contribution in [0, 0.1) is 0 Å². The Labute approximate surface area is 110 Å². The number of hydrogen-bond donors (Lipinski definition) is 2. The number of nitrogens with one attached hydrogen (secondary N) is 1. The zero-order valence-corrected chi connectivity index (χ0v) is 11.1. The summed E-state index contributed by atoms with van der Waals surface area (Å²) in [4.78, 5) is 22.8. The van der Waals surface area contributed by atoms with Crippen molar-refractivity contribution in [3.63, 3.8) is 0 Å². The van der Waals surface area contributed by atoms with Crippen LogP contribution in [0.25, 0.3) is 0 Å². The van der Waals surface area contributed by atoms with Crippen LogP contribution in [-0.2, 0) is 16.1 Å². The lowest BCUT2D eigenvalue weighted by Gasteiger charge is -2.01. The molecule has 0 aromatic carbocycles. The van der Waals surface area contributed by atoms with Gasteiger partial charge in [-0.3, -0.25) is 4.79 Å². The van der Waals surface area contributed by atoms with Gasteiger partial charge in [-0.1, -0.05) is 13.3 Å². The molecule has 0 fully saturated rings. The van der Waals surface area contributed by atoms with Gasteiger partial charge in [-0.15, -0.1) is 11.3 Å². The van der Waals surface area contributed by atoms with Gasteiger partial charge >= 0.3 is 11.9 Å². The Morgan fingerprint density at radius 2 is 2.28 bits per heavy atom. The lowest BCUT2D eigenvalue weighted by atomic mass is 10.3. The number of carboxylic acid groups (broad SMARTS) is 1. The van der Waals surface area contributed by atoms with E-state index in [4.69, 9.17) is 9.84 Å². The van der Waals surface area contributed by atoms with E-state index in [0.717, 1.165) is 17.7 Å². The molecule has 0 bridgehead atoms. The highest BCUT2D eigenvalue weighted by atomic mass is 32.1. The topological polar surface area (TPSA) is 75.6 Å². The highest BCUT2D eigenvalue weighted by molar-refractivity contribution is 7.10. The Bertz CT molecular complexity index is 403. The highest BCUT2D eigenvalue weighted by Crippen LogP contribution is 2.15. The third-order valence-electron chi connectivity index (χ3n) is 2.20. The van der Waals surface area contributed by atoms with Crippen molar-refractivity contribution in [3.05, 3.63) is 21.9 Å². The summed E-state index contributed by atoms with van der Waals surface area (Å²) >= 11 is 1.41. The van der Waals surface area contributed by atoms with E-state index in [-0.39, 0.29) is 12.5 Å². The maximum Gasteiger partial charge on any atom is 0.338 e. The summed E-state index contributed by atoms with van der Waals surface area (Å²) < 4.78 is 5.08. The van der Waals surface area contributed by atoms with E-state index in [1.54, 1.807) is 11.4 Å². The van der Waals surface area contributed by atoms with E-state index in [9.17, 15) is 9.59 Å². The SMILES string of the molecule is CCCCOC(=O)c1csc(CNCC(=O)O)c1. The maximum absolute atomic E-state index is 11.6. The quantitative estimate of drug-likeness (QED) is 0.557. The lowest BCUT2D eigenvalue weighted by molar-refractivity contribution is -0.135. The molecule has 1 aromatic heterocycles. The molecule has 0 saturated heterocycles. The summed E-state index contributed by atoms with van der Waals surface area (Å²) in [6.45, 7) is 2.83. The van der Waals surface area contributed by atoms with E-state index in [1.165, 1.54) is 11.3 Å². The van der Waals surface area contributed by atoms with Gasteiger partial charge in [-0.2, -0.15) is 0 Å². The minimum absolute atomic E-state index is 0.0891. The smallest absolute Gasteiger partial charge is 0.338 e. The number of carbonyl (C=O) groups excluding carboxylic acids is 1. The van der Waals surface area contributed by atoms with Crippen LogP contribution in [0.5, 0.6) is 0 Å². The summed E-state index contributed by atoms with van der Waals surface area (Å²) in [5.74, 6) is -1.21. The van der Waals surface area contributed by atoms with Crippen molar-refractivity contribution in [2.45, 2.75) is 26.3 Å². The van der Waals surface area contributed by atoms with Crippen LogP contribution in [0.4, 0.5) is 0 Å². The molecule has 0 amide bonds. The largest absolute Gasteiger partial charge is 0.480 e. The fourth-order valence-corrected chi connectivity index (χ4v) is 2.09. The molecule has 0 radical (unpaired) electrons. The van der Waals surface area contributed by atoms with E-state index < -0.39 is 5.97 Å². The van der Waals surface area contributed by atoms with Crippen LogP contribution in [0.15, 0.2) is 11.4 Å². The van der Waals surface area contributed by atoms with Gasteiger partial charge in [0.25, 0.3) is 0 Å². The third kappa shape index (κ3) is 5.29. The van der Waals surface area contributed by atoms with Crippen molar-refractivity contribution >= 4 is 23.3 Å². The first kappa shape index (κ1) is 14.7. The van der Waals surface area contributed by atoms with Crippen LogP contribution >= 0.6 is 11.3 Å². The van der Waals surface area contributed by atoms with Gasteiger partial charge in [0.15, 0.2) is 0 Å². The van der Waals surface area contributed by atoms with Gasteiger partial charge in [0.2, 0.25) is 0 Å². The van der Waals surface area contributed by atoms with Gasteiger partial charge in [0.05, 0.1) is 18.7 Å². The Morgan fingerprint density at radius 1 is 1.50 bits per heavy atom. The normalized spacial score (nSPS) is 10.3. The summed E-state index contributed by atoms with van der Waals surface area (Å²) in [5.41, 5.74) is 0.531. The number of carbonyl (C=O) groups is 2. The standard InChI is InChI=1S/C12H17NO4S/c1-2-3-4-17-12(16)9-5-10(18-8-9)6-13-7-11(14)15/h5,8,13H,2-4,6-7H2,1H3,(H,14,15). The van der Waals surface area contributed by atoms with Gasteiger partial charge < -0.3 is 15.2 Å². The molecule has 2 N–H and O–H groups in total. The molecule has 5 nitrogen and oxygen atoms in total. The monoisotopic (exact) mass is 271 g/mol. The third-order valence-corrected chi connectivity index (χ3v) is 3.13. The molecule has 0 spiro atoms. The molecule has 18 heavy (non-hydrogen) atoms. The number of unbranched alkanes of at least 4 members (excludes halogenated alkanes) is 1. The molecular formula is C12H17NO4S. The van der Waals surface area contributed by atoms with Crippen molar-refractivity contribution in [3.8, 4) is 0 Å². The maximum atomic E-state index is 11.6. The van der Waals surface area contributed by atoms with Crippen LogP contribution in [0.1, 0.15) is 35.0 Å². The average molecular weight is 271 g/mol. The van der Waals surface area contributed by atoms with Gasteiger partial charge in [-0.05, 0) is 12.5 Å². The number of rotatable bonds is 8. The molecule has 0 atom stereocenters. The number of ether oxygens (including phenoxy) is 1. The minimum Gasteiger partial charge on any atom is -0.480 e. The summed E-state index contributed by atoms with van der Waals surface area (Å²) in [5, 5.41) is 13.0. The number of carboxylic acids is 1. The Morgan fingerprint density at radius 3 is 2.94 bits per heavy atom. The van der Waals surface area contributed by atoms with E-state index in [2.05, 4.69) is 5.32 Å². The van der Waals surface area contributed by atoms with Crippen molar-refractivity contribution in [1.82, 2.24) is 5.32 Å². The first-order valence-corrected chi connectivity index (χ1v) is 6.68. The number of esters is 1. The molecule has 0 aliphatic carbocycles. The van der Waals surface area contributed by atoms with Gasteiger partial charge in [0, 0.05) is 16.8 Å². The van der Waals surface area contributed by atoms with Gasteiger partial charge in [-0.25, -0.2) is 4.79 Å². The molecule has 0 aliphatic rings. The molecule has 0 unspecified atom stereocenters. The average Bonchev–Trinajstić information content (AvgIpc) is 2.77. The second kappa shape index (κ2) is 7.84. The highest BCUT2D eigenvalue weighted by Gasteiger charge is 2.09. The first-order valence-electron chi connectivity index (χ1n) is 5.80. The fraction of sp³-hybridized carbons (Fsp3) is 0.500. The number of aliphatic carboxylic acids is 1. The summed E-state index contributed by atoms with van der Waals surface area (Å²) in [6, 6.07) is 1.73. The molecule has 1 rings (SSSR count).